The molecular formula is C13H15N5. The smallest absolute Gasteiger partial charge is 0.133 e. The molecule has 0 spiro atoms. The third-order valence-corrected chi connectivity index (χ3v) is 2.80. The van der Waals surface area contributed by atoms with Gasteiger partial charge in [-0.25, -0.2) is 4.98 Å². The van der Waals surface area contributed by atoms with Gasteiger partial charge in [-0.15, -0.1) is 0 Å². The SMILES string of the molecule is CNc1cc2cc(C(=N)N(C)C=N)ccc2cn1. The Balaban J connectivity index is 2.48. The molecule has 0 unspecified atom stereocenters. The van der Waals surface area contributed by atoms with Gasteiger partial charge in [0.25, 0.3) is 0 Å². The van der Waals surface area contributed by atoms with E-state index in [4.69, 9.17) is 10.8 Å². The summed E-state index contributed by atoms with van der Waals surface area (Å²) in [4.78, 5) is 5.70. The van der Waals surface area contributed by atoms with E-state index in [0.29, 0.717) is 5.84 Å². The van der Waals surface area contributed by atoms with Crippen LogP contribution in [-0.2, 0) is 0 Å². The highest BCUT2D eigenvalue weighted by Gasteiger charge is 2.06. The van der Waals surface area contributed by atoms with Gasteiger partial charge in [0, 0.05) is 31.2 Å². The van der Waals surface area contributed by atoms with Gasteiger partial charge in [-0.1, -0.05) is 12.1 Å². The Hall–Kier alpha value is -2.43. The molecule has 0 fully saturated rings. The van der Waals surface area contributed by atoms with E-state index in [2.05, 4.69) is 10.3 Å². The van der Waals surface area contributed by atoms with Gasteiger partial charge < -0.3 is 10.2 Å². The van der Waals surface area contributed by atoms with Crippen LogP contribution in [0.5, 0.6) is 0 Å². The molecule has 92 valence electrons. The van der Waals surface area contributed by atoms with Crippen LogP contribution in [0.4, 0.5) is 5.82 Å². The highest BCUT2D eigenvalue weighted by molar-refractivity contribution is 6.04. The number of fused-ring (bicyclic) bond motifs is 1. The van der Waals surface area contributed by atoms with Crippen molar-refractivity contribution in [3.05, 3.63) is 36.0 Å². The number of nitrogens with zero attached hydrogens (tertiary/aromatic N) is 2. The number of nitrogens with one attached hydrogen (secondary N) is 3. The summed E-state index contributed by atoms with van der Waals surface area (Å²) in [5.74, 6) is 1.10. The Labute approximate surface area is 105 Å². The molecule has 0 atom stereocenters. The molecule has 0 aliphatic heterocycles. The predicted octanol–water partition coefficient (Wildman–Crippen LogP) is 2.14. The van der Waals surface area contributed by atoms with Gasteiger partial charge >= 0.3 is 0 Å². The lowest BCUT2D eigenvalue weighted by Gasteiger charge is -2.14. The first kappa shape index (κ1) is 12.0. The minimum absolute atomic E-state index is 0.301. The van der Waals surface area contributed by atoms with Crippen molar-refractivity contribution in [3.63, 3.8) is 0 Å². The van der Waals surface area contributed by atoms with Crippen LogP contribution in [0.25, 0.3) is 10.8 Å². The van der Waals surface area contributed by atoms with Crippen LogP contribution in [0.2, 0.25) is 0 Å². The van der Waals surface area contributed by atoms with E-state index < -0.39 is 0 Å². The summed E-state index contributed by atoms with van der Waals surface area (Å²) in [6, 6.07) is 7.67. The molecule has 1 aromatic carbocycles. The summed E-state index contributed by atoms with van der Waals surface area (Å²) in [5.41, 5.74) is 0.779. The van der Waals surface area contributed by atoms with Gasteiger partial charge in [0.15, 0.2) is 0 Å². The second-order valence-electron chi connectivity index (χ2n) is 3.97. The molecule has 0 bridgehead atoms. The topological polar surface area (TPSA) is 75.9 Å². The maximum Gasteiger partial charge on any atom is 0.133 e. The van der Waals surface area contributed by atoms with Crippen LogP contribution in [0.3, 0.4) is 0 Å². The summed E-state index contributed by atoms with van der Waals surface area (Å²) in [7, 11) is 3.51. The number of anilines is 1. The fourth-order valence-corrected chi connectivity index (χ4v) is 1.69. The summed E-state index contributed by atoms with van der Waals surface area (Å²) < 4.78 is 0. The van der Waals surface area contributed by atoms with Crippen molar-refractivity contribution in [1.82, 2.24) is 9.88 Å². The molecule has 1 heterocycles. The van der Waals surface area contributed by atoms with E-state index >= 15 is 0 Å². The van der Waals surface area contributed by atoms with Gasteiger partial charge in [0.05, 0.1) is 6.34 Å². The first-order valence-electron chi connectivity index (χ1n) is 5.55. The number of pyridine rings is 1. The number of benzene rings is 1. The molecule has 2 rings (SSSR count). The van der Waals surface area contributed by atoms with Crippen LogP contribution in [-0.4, -0.2) is 36.2 Å². The quantitative estimate of drug-likeness (QED) is 0.569. The van der Waals surface area contributed by atoms with Crippen LogP contribution >= 0.6 is 0 Å². The molecule has 0 saturated heterocycles. The van der Waals surface area contributed by atoms with Gasteiger partial charge in [-0.2, -0.15) is 0 Å². The highest BCUT2D eigenvalue weighted by atomic mass is 15.1. The highest BCUT2D eigenvalue weighted by Crippen LogP contribution is 2.18. The zero-order chi connectivity index (χ0) is 13.1. The molecule has 0 radical (unpaired) electrons. The molecular weight excluding hydrogens is 226 g/mol. The molecule has 18 heavy (non-hydrogen) atoms. The lowest BCUT2D eigenvalue weighted by molar-refractivity contribution is 0.765. The molecule has 1 aromatic heterocycles. The molecule has 0 amide bonds. The molecule has 0 saturated carbocycles. The standard InChI is InChI=1S/C13H15N5/c1-16-12-6-11-5-9(13(15)18(2)8-14)3-4-10(11)7-17-12/h3-8,14-15H,1-2H3,(H,16,17). The van der Waals surface area contributed by atoms with Crippen LogP contribution in [0, 0.1) is 10.8 Å². The van der Waals surface area contributed by atoms with Crippen molar-refractivity contribution in [2.75, 3.05) is 19.4 Å². The Morgan fingerprint density at radius 3 is 2.78 bits per heavy atom. The van der Waals surface area contributed by atoms with Crippen molar-refractivity contribution in [2.45, 2.75) is 0 Å². The Kier molecular flexibility index (Phi) is 3.23. The summed E-state index contributed by atoms with van der Waals surface area (Å²) in [6.07, 6.45) is 2.92. The number of rotatable bonds is 3. The van der Waals surface area contributed by atoms with Crippen molar-refractivity contribution in [2.24, 2.45) is 0 Å². The van der Waals surface area contributed by atoms with Gasteiger partial charge in [-0.05, 0) is 17.5 Å². The molecule has 0 aliphatic carbocycles. The third-order valence-electron chi connectivity index (χ3n) is 2.80. The first-order valence-corrected chi connectivity index (χ1v) is 5.55. The molecule has 2 aromatic rings. The third kappa shape index (κ3) is 2.15. The van der Waals surface area contributed by atoms with Crippen molar-refractivity contribution in [1.29, 1.82) is 10.8 Å². The minimum atomic E-state index is 0.301. The van der Waals surface area contributed by atoms with Crippen molar-refractivity contribution in [3.8, 4) is 0 Å². The fraction of sp³-hybridized carbons (Fsp3) is 0.154. The zero-order valence-corrected chi connectivity index (χ0v) is 10.4. The van der Waals surface area contributed by atoms with E-state index in [1.165, 1.54) is 4.90 Å². The normalized spacial score (nSPS) is 10.1. The first-order chi connectivity index (χ1) is 8.65. The zero-order valence-electron chi connectivity index (χ0n) is 10.4. The molecule has 0 aliphatic rings. The van der Waals surface area contributed by atoms with Crippen molar-refractivity contribution >= 4 is 28.8 Å². The average molecular weight is 241 g/mol. The Bertz CT molecular complexity index is 605. The van der Waals surface area contributed by atoms with Crippen LogP contribution < -0.4 is 5.32 Å². The Morgan fingerprint density at radius 1 is 1.33 bits per heavy atom. The summed E-state index contributed by atoms with van der Waals surface area (Å²) >= 11 is 0. The fourth-order valence-electron chi connectivity index (χ4n) is 1.69. The van der Waals surface area contributed by atoms with E-state index in [1.54, 1.807) is 13.2 Å². The summed E-state index contributed by atoms with van der Waals surface area (Å²) in [5, 5.41) is 20.2. The lowest BCUT2D eigenvalue weighted by atomic mass is 10.1. The largest absolute Gasteiger partial charge is 0.373 e. The van der Waals surface area contributed by atoms with Gasteiger partial charge in [0.1, 0.15) is 11.7 Å². The number of aromatic nitrogens is 1. The predicted molar refractivity (Wildman–Crippen MR) is 74.7 cm³/mol. The van der Waals surface area contributed by atoms with E-state index in [1.807, 2.05) is 31.3 Å². The molecule has 5 nitrogen and oxygen atoms in total. The average Bonchev–Trinajstić information content (AvgIpc) is 2.44. The number of hydrogen-bond acceptors (Lipinski definition) is 4. The number of amidine groups is 1. The minimum Gasteiger partial charge on any atom is -0.373 e. The number of hydrogen-bond donors (Lipinski definition) is 3. The van der Waals surface area contributed by atoms with Crippen LogP contribution in [0.15, 0.2) is 30.5 Å². The van der Waals surface area contributed by atoms with E-state index in [9.17, 15) is 0 Å². The lowest BCUT2D eigenvalue weighted by Crippen LogP contribution is -2.24. The molecule has 5 heteroatoms. The maximum atomic E-state index is 7.95. The van der Waals surface area contributed by atoms with Crippen LogP contribution in [0.1, 0.15) is 5.56 Å². The van der Waals surface area contributed by atoms with E-state index in [-0.39, 0.29) is 0 Å². The Morgan fingerprint density at radius 2 is 2.11 bits per heavy atom. The van der Waals surface area contributed by atoms with E-state index in [0.717, 1.165) is 28.5 Å². The van der Waals surface area contributed by atoms with Gasteiger partial charge in [-0.3, -0.25) is 10.8 Å². The maximum absolute atomic E-state index is 7.95. The monoisotopic (exact) mass is 241 g/mol. The van der Waals surface area contributed by atoms with Gasteiger partial charge in [0.2, 0.25) is 0 Å². The second kappa shape index (κ2) is 4.83. The second-order valence-corrected chi connectivity index (χ2v) is 3.97. The van der Waals surface area contributed by atoms with Crippen molar-refractivity contribution < 1.29 is 0 Å². The molecule has 3 N–H and O–H groups in total. The summed E-state index contributed by atoms with van der Waals surface area (Å²) in [6.45, 7) is 0.